The van der Waals surface area contributed by atoms with E-state index in [0.29, 0.717) is 22.4 Å². The number of aromatic amines is 1. The van der Waals surface area contributed by atoms with E-state index >= 15 is 0 Å². The molecule has 0 unspecified atom stereocenters. The zero-order chi connectivity index (χ0) is 10.7. The maximum Gasteiger partial charge on any atom is 0.189 e. The van der Waals surface area contributed by atoms with Crippen molar-refractivity contribution < 1.29 is 5.11 Å². The zero-order valence-electron chi connectivity index (χ0n) is 7.54. The molecule has 0 atom stereocenters. The fourth-order valence-electron chi connectivity index (χ4n) is 0.846. The molecule has 2 heterocycles. The number of hydrogen-bond acceptors (Lipinski definition) is 7. The van der Waals surface area contributed by atoms with Gasteiger partial charge in [0.05, 0.1) is 11.5 Å². The molecule has 78 valence electrons. The number of hydrogen-bond donors (Lipinski definition) is 2. The number of aromatic nitrogens is 5. The highest BCUT2D eigenvalue weighted by molar-refractivity contribution is 7.99. The molecule has 0 aromatic carbocycles. The van der Waals surface area contributed by atoms with Gasteiger partial charge in [0.2, 0.25) is 0 Å². The van der Waals surface area contributed by atoms with E-state index in [0.717, 1.165) is 0 Å². The van der Waals surface area contributed by atoms with Crippen molar-refractivity contribution in [3.05, 3.63) is 17.7 Å². The second-order valence-electron chi connectivity index (χ2n) is 2.62. The number of nitrogens with one attached hydrogen (secondary N) is 1. The molecule has 2 rings (SSSR count). The summed E-state index contributed by atoms with van der Waals surface area (Å²) in [6.07, 6.45) is 0. The first-order chi connectivity index (χ1) is 7.25. The Morgan fingerprint density at radius 2 is 2.40 bits per heavy atom. The third-order valence-electron chi connectivity index (χ3n) is 1.44. The molecule has 0 aliphatic heterocycles. The molecule has 0 aliphatic rings. The Bertz CT molecular complexity index is 452. The first-order valence-corrected chi connectivity index (χ1v) is 5.77. The summed E-state index contributed by atoms with van der Waals surface area (Å²) in [6, 6.07) is 0. The van der Waals surface area contributed by atoms with Gasteiger partial charge in [0.25, 0.3) is 0 Å². The molecule has 0 spiro atoms. The SMILES string of the molecule is C=C(O)CSc1nnc(-c2csnn2)[nH]1. The number of aliphatic hydroxyl groups is 1. The maximum absolute atomic E-state index is 8.91. The highest BCUT2D eigenvalue weighted by atomic mass is 32.2. The van der Waals surface area contributed by atoms with Gasteiger partial charge < -0.3 is 10.1 Å². The molecule has 0 fully saturated rings. The van der Waals surface area contributed by atoms with Crippen molar-refractivity contribution in [2.45, 2.75) is 5.16 Å². The third-order valence-corrected chi connectivity index (χ3v) is 2.88. The molecular formula is C7H7N5OS2. The summed E-state index contributed by atoms with van der Waals surface area (Å²) < 4.78 is 3.73. The van der Waals surface area contributed by atoms with Gasteiger partial charge in [0, 0.05) is 5.38 Å². The highest BCUT2D eigenvalue weighted by Crippen LogP contribution is 2.18. The van der Waals surface area contributed by atoms with Crippen LogP contribution in [0, 0.1) is 0 Å². The summed E-state index contributed by atoms with van der Waals surface area (Å²) in [5.74, 6) is 1.08. The van der Waals surface area contributed by atoms with E-state index in [9.17, 15) is 0 Å². The van der Waals surface area contributed by atoms with Gasteiger partial charge in [0.1, 0.15) is 5.69 Å². The fourth-order valence-corrected chi connectivity index (χ4v) is 1.86. The lowest BCUT2D eigenvalue weighted by Crippen LogP contribution is -1.84. The average Bonchev–Trinajstić information content (AvgIpc) is 2.85. The van der Waals surface area contributed by atoms with E-state index in [1.807, 2.05) is 0 Å². The van der Waals surface area contributed by atoms with Gasteiger partial charge >= 0.3 is 0 Å². The van der Waals surface area contributed by atoms with E-state index in [-0.39, 0.29) is 5.76 Å². The first kappa shape index (κ1) is 10.1. The minimum absolute atomic E-state index is 0.105. The molecule has 0 bridgehead atoms. The summed E-state index contributed by atoms with van der Waals surface area (Å²) in [7, 11) is 0. The number of nitrogens with zero attached hydrogens (tertiary/aromatic N) is 4. The van der Waals surface area contributed by atoms with Crippen molar-refractivity contribution in [3.8, 4) is 11.5 Å². The minimum Gasteiger partial charge on any atom is -0.512 e. The number of H-pyrrole nitrogens is 1. The van der Waals surface area contributed by atoms with Gasteiger partial charge in [0.15, 0.2) is 11.0 Å². The Morgan fingerprint density at radius 3 is 3.07 bits per heavy atom. The predicted molar refractivity (Wildman–Crippen MR) is 57.8 cm³/mol. The van der Waals surface area contributed by atoms with E-state index in [4.69, 9.17) is 5.11 Å². The van der Waals surface area contributed by atoms with Gasteiger partial charge in [-0.3, -0.25) is 0 Å². The second kappa shape index (κ2) is 4.41. The van der Waals surface area contributed by atoms with Crippen LogP contribution in [0.3, 0.4) is 0 Å². The lowest BCUT2D eigenvalue weighted by atomic mass is 10.5. The summed E-state index contributed by atoms with van der Waals surface area (Å²) in [6.45, 7) is 3.38. The van der Waals surface area contributed by atoms with Gasteiger partial charge in [-0.2, -0.15) is 0 Å². The van der Waals surface area contributed by atoms with Crippen LogP contribution < -0.4 is 0 Å². The van der Waals surface area contributed by atoms with Crippen LogP contribution in [0.2, 0.25) is 0 Å². The van der Waals surface area contributed by atoms with Gasteiger partial charge in [-0.25, -0.2) is 0 Å². The highest BCUT2D eigenvalue weighted by Gasteiger charge is 2.08. The van der Waals surface area contributed by atoms with Crippen molar-refractivity contribution in [3.63, 3.8) is 0 Å². The van der Waals surface area contributed by atoms with Crippen molar-refractivity contribution in [1.82, 2.24) is 24.8 Å². The molecule has 0 saturated heterocycles. The fraction of sp³-hybridized carbons (Fsp3) is 0.143. The molecule has 0 aliphatic carbocycles. The van der Waals surface area contributed by atoms with Crippen LogP contribution in [0.4, 0.5) is 0 Å². The Balaban J connectivity index is 2.08. The van der Waals surface area contributed by atoms with E-state index < -0.39 is 0 Å². The Labute approximate surface area is 93.6 Å². The summed E-state index contributed by atoms with van der Waals surface area (Å²) in [4.78, 5) is 2.96. The molecule has 8 heteroatoms. The number of aliphatic hydroxyl groups excluding tert-OH is 1. The van der Waals surface area contributed by atoms with Crippen LogP contribution >= 0.6 is 23.3 Å². The van der Waals surface area contributed by atoms with Gasteiger partial charge in [-0.15, -0.1) is 15.3 Å². The maximum atomic E-state index is 8.91. The van der Waals surface area contributed by atoms with Gasteiger partial charge in [-0.05, 0) is 11.5 Å². The van der Waals surface area contributed by atoms with Crippen molar-refractivity contribution in [2.24, 2.45) is 0 Å². The molecular weight excluding hydrogens is 234 g/mol. The standard InChI is InChI=1S/C7H7N5OS2/c1-4(13)2-14-7-8-6(10-11-7)5-3-15-12-9-5/h3,13H,1-2H2,(H,8,10,11). The molecule has 2 aromatic rings. The van der Waals surface area contributed by atoms with Gasteiger partial charge in [-0.1, -0.05) is 22.8 Å². The lowest BCUT2D eigenvalue weighted by molar-refractivity contribution is 0.420. The van der Waals surface area contributed by atoms with Crippen LogP contribution in [-0.2, 0) is 0 Å². The summed E-state index contributed by atoms with van der Waals surface area (Å²) in [5, 5.41) is 22.9. The van der Waals surface area contributed by atoms with Crippen molar-refractivity contribution in [1.29, 1.82) is 0 Å². The molecule has 0 amide bonds. The molecule has 0 saturated carbocycles. The third kappa shape index (κ3) is 2.54. The monoisotopic (exact) mass is 241 g/mol. The largest absolute Gasteiger partial charge is 0.512 e. The van der Waals surface area contributed by atoms with Crippen molar-refractivity contribution in [2.75, 3.05) is 5.75 Å². The Kier molecular flexibility index (Phi) is 2.97. The summed E-state index contributed by atoms with van der Waals surface area (Å²) >= 11 is 2.58. The summed E-state index contributed by atoms with van der Waals surface area (Å²) in [5.41, 5.74) is 0.669. The van der Waals surface area contributed by atoms with E-state index in [2.05, 4.69) is 31.3 Å². The first-order valence-electron chi connectivity index (χ1n) is 3.95. The molecule has 2 aromatic heterocycles. The smallest absolute Gasteiger partial charge is 0.189 e. The van der Waals surface area contributed by atoms with Crippen molar-refractivity contribution >= 4 is 23.3 Å². The minimum atomic E-state index is 0.105. The van der Waals surface area contributed by atoms with Crippen LogP contribution in [0.25, 0.3) is 11.5 Å². The normalized spacial score (nSPS) is 10.4. The molecule has 0 radical (unpaired) electrons. The molecule has 2 N–H and O–H groups in total. The van der Waals surface area contributed by atoms with Crippen LogP contribution in [-0.4, -0.2) is 35.6 Å². The second-order valence-corrected chi connectivity index (χ2v) is 4.20. The van der Waals surface area contributed by atoms with Crippen LogP contribution in [0.1, 0.15) is 0 Å². The topological polar surface area (TPSA) is 87.6 Å². The number of rotatable bonds is 4. The molecule has 15 heavy (non-hydrogen) atoms. The quantitative estimate of drug-likeness (QED) is 0.623. The van der Waals surface area contributed by atoms with E-state index in [1.54, 1.807) is 5.38 Å². The van der Waals surface area contributed by atoms with Crippen LogP contribution in [0.15, 0.2) is 22.9 Å². The number of thioether (sulfide) groups is 1. The average molecular weight is 241 g/mol. The Morgan fingerprint density at radius 1 is 1.53 bits per heavy atom. The van der Waals surface area contributed by atoms with E-state index in [1.165, 1.54) is 23.3 Å². The predicted octanol–water partition coefficient (Wildman–Crippen LogP) is 1.49. The van der Waals surface area contributed by atoms with Crippen LogP contribution in [0.5, 0.6) is 0 Å². The molecule has 6 nitrogen and oxygen atoms in total. The zero-order valence-corrected chi connectivity index (χ0v) is 9.18. The Hall–Kier alpha value is -1.41. The lowest BCUT2D eigenvalue weighted by Gasteiger charge is -1.93.